The van der Waals surface area contributed by atoms with Crippen molar-refractivity contribution in [2.24, 2.45) is 0 Å². The third kappa shape index (κ3) is 2.06. The number of pyridine rings is 1. The Morgan fingerprint density at radius 1 is 1.50 bits per heavy atom. The molecular weight excluding hydrogens is 153 g/mol. The van der Waals surface area contributed by atoms with Crippen LogP contribution in [0.15, 0.2) is 18.5 Å². The van der Waals surface area contributed by atoms with Crippen molar-refractivity contribution in [3.63, 3.8) is 0 Å². The summed E-state index contributed by atoms with van der Waals surface area (Å²) in [5.41, 5.74) is 1.47. The third-order valence-corrected chi connectivity index (χ3v) is 1.74. The molecular formula is C8H12BNO2. The van der Waals surface area contributed by atoms with Gasteiger partial charge in [-0.15, -0.1) is 0 Å². The molecule has 0 aromatic carbocycles. The van der Waals surface area contributed by atoms with Gasteiger partial charge in [-0.1, -0.05) is 13.3 Å². The van der Waals surface area contributed by atoms with Crippen molar-refractivity contribution in [2.45, 2.75) is 19.8 Å². The second-order valence-electron chi connectivity index (χ2n) is 2.70. The first-order valence-electron chi connectivity index (χ1n) is 4.04. The number of hydrogen-bond donors (Lipinski definition) is 2. The minimum absolute atomic E-state index is 0.513. The molecule has 0 aliphatic rings. The van der Waals surface area contributed by atoms with Gasteiger partial charge in [-0.25, -0.2) is 0 Å². The number of aromatic nitrogens is 1. The summed E-state index contributed by atoms with van der Waals surface area (Å²) in [6.07, 6.45) is 5.01. The normalized spacial score (nSPS) is 9.92. The van der Waals surface area contributed by atoms with Gasteiger partial charge in [0.15, 0.2) is 0 Å². The molecule has 1 aromatic rings. The number of hydrogen-bond acceptors (Lipinski definition) is 3. The quantitative estimate of drug-likeness (QED) is 0.605. The van der Waals surface area contributed by atoms with E-state index in [1.165, 1.54) is 6.20 Å². The number of nitrogens with zero attached hydrogens (tertiary/aromatic N) is 1. The van der Waals surface area contributed by atoms with Crippen LogP contribution in [0, 0.1) is 0 Å². The average molecular weight is 165 g/mol. The highest BCUT2D eigenvalue weighted by Gasteiger charge is 2.14. The molecule has 0 spiro atoms. The van der Waals surface area contributed by atoms with Crippen LogP contribution < -0.4 is 5.46 Å². The molecule has 0 amide bonds. The summed E-state index contributed by atoms with van der Waals surface area (Å²) in [7, 11) is -1.40. The Balaban J connectivity index is 2.92. The largest absolute Gasteiger partial charge is 0.490 e. The molecule has 1 rings (SSSR count). The Bertz CT molecular complexity index is 253. The van der Waals surface area contributed by atoms with Crippen LogP contribution in [0.3, 0.4) is 0 Å². The van der Waals surface area contributed by atoms with Crippen molar-refractivity contribution < 1.29 is 10.0 Å². The summed E-state index contributed by atoms with van der Waals surface area (Å²) in [6, 6.07) is 1.82. The molecule has 3 nitrogen and oxygen atoms in total. The molecule has 1 heterocycles. The van der Waals surface area contributed by atoms with E-state index in [-0.39, 0.29) is 0 Å². The third-order valence-electron chi connectivity index (χ3n) is 1.74. The van der Waals surface area contributed by atoms with E-state index in [2.05, 4.69) is 4.98 Å². The maximum atomic E-state index is 8.95. The molecule has 2 N–H and O–H groups in total. The first-order chi connectivity index (χ1) is 5.75. The fourth-order valence-corrected chi connectivity index (χ4v) is 1.16. The van der Waals surface area contributed by atoms with Crippen molar-refractivity contribution in [1.29, 1.82) is 0 Å². The van der Waals surface area contributed by atoms with Crippen molar-refractivity contribution in [3.05, 3.63) is 24.0 Å². The molecule has 0 aliphatic heterocycles. The zero-order chi connectivity index (χ0) is 8.97. The SMILES string of the molecule is CCCc1ccncc1B(O)O. The van der Waals surface area contributed by atoms with Crippen molar-refractivity contribution in [1.82, 2.24) is 4.98 Å². The molecule has 0 atom stereocenters. The van der Waals surface area contributed by atoms with Crippen LogP contribution in [0.25, 0.3) is 0 Å². The lowest BCUT2D eigenvalue weighted by Crippen LogP contribution is -2.33. The van der Waals surface area contributed by atoms with Gasteiger partial charge in [0.25, 0.3) is 0 Å². The average Bonchev–Trinajstić information content (AvgIpc) is 2.05. The smallest absolute Gasteiger partial charge is 0.423 e. The summed E-state index contributed by atoms with van der Waals surface area (Å²) >= 11 is 0. The van der Waals surface area contributed by atoms with E-state index < -0.39 is 7.12 Å². The van der Waals surface area contributed by atoms with Crippen LogP contribution in [0.5, 0.6) is 0 Å². The van der Waals surface area contributed by atoms with Crippen molar-refractivity contribution in [2.75, 3.05) is 0 Å². The molecule has 0 saturated carbocycles. The molecule has 0 bridgehead atoms. The molecule has 12 heavy (non-hydrogen) atoms. The van der Waals surface area contributed by atoms with Gasteiger partial charge in [0.2, 0.25) is 0 Å². The van der Waals surface area contributed by atoms with Gasteiger partial charge in [-0.3, -0.25) is 4.98 Å². The van der Waals surface area contributed by atoms with Gasteiger partial charge in [-0.05, 0) is 18.1 Å². The Morgan fingerprint density at radius 3 is 2.83 bits per heavy atom. The van der Waals surface area contributed by atoms with E-state index in [9.17, 15) is 0 Å². The van der Waals surface area contributed by atoms with Gasteiger partial charge in [0, 0.05) is 17.9 Å². The van der Waals surface area contributed by atoms with Crippen LogP contribution in [-0.2, 0) is 6.42 Å². The number of rotatable bonds is 3. The molecule has 64 valence electrons. The van der Waals surface area contributed by atoms with Gasteiger partial charge >= 0.3 is 7.12 Å². The first-order valence-corrected chi connectivity index (χ1v) is 4.04. The Hall–Kier alpha value is -0.865. The molecule has 0 saturated heterocycles. The van der Waals surface area contributed by atoms with E-state index in [1.54, 1.807) is 6.20 Å². The van der Waals surface area contributed by atoms with Gasteiger partial charge in [0.05, 0.1) is 0 Å². The zero-order valence-electron chi connectivity index (χ0n) is 7.07. The van der Waals surface area contributed by atoms with Crippen LogP contribution >= 0.6 is 0 Å². The maximum Gasteiger partial charge on any atom is 0.490 e. The standard InChI is InChI=1S/C8H12BNO2/c1-2-3-7-4-5-10-6-8(7)9(11)12/h4-6,11-12H,2-3H2,1H3. The molecule has 0 unspecified atom stereocenters. The summed E-state index contributed by atoms with van der Waals surface area (Å²) in [6.45, 7) is 2.05. The molecule has 0 aliphatic carbocycles. The highest BCUT2D eigenvalue weighted by molar-refractivity contribution is 6.59. The van der Waals surface area contributed by atoms with E-state index in [4.69, 9.17) is 10.0 Å². The minimum Gasteiger partial charge on any atom is -0.423 e. The van der Waals surface area contributed by atoms with Crippen LogP contribution in [0.1, 0.15) is 18.9 Å². The maximum absolute atomic E-state index is 8.95. The Morgan fingerprint density at radius 2 is 2.25 bits per heavy atom. The van der Waals surface area contributed by atoms with Crippen molar-refractivity contribution >= 4 is 12.6 Å². The topological polar surface area (TPSA) is 53.4 Å². The predicted molar refractivity (Wildman–Crippen MR) is 48.1 cm³/mol. The van der Waals surface area contributed by atoms with Gasteiger partial charge in [0.1, 0.15) is 0 Å². The number of aryl methyl sites for hydroxylation is 1. The molecule has 1 aromatic heterocycles. The van der Waals surface area contributed by atoms with Crippen molar-refractivity contribution in [3.8, 4) is 0 Å². The lowest BCUT2D eigenvalue weighted by Gasteiger charge is -2.05. The van der Waals surface area contributed by atoms with E-state index in [0.717, 1.165) is 18.4 Å². The van der Waals surface area contributed by atoms with Crippen LogP contribution in [0.2, 0.25) is 0 Å². The van der Waals surface area contributed by atoms with E-state index in [1.807, 2.05) is 13.0 Å². The zero-order valence-corrected chi connectivity index (χ0v) is 7.07. The fourth-order valence-electron chi connectivity index (χ4n) is 1.16. The summed E-state index contributed by atoms with van der Waals surface area (Å²) < 4.78 is 0. The summed E-state index contributed by atoms with van der Waals surface area (Å²) in [4.78, 5) is 3.83. The van der Waals surface area contributed by atoms with Crippen LogP contribution in [0.4, 0.5) is 0 Å². The fraction of sp³-hybridized carbons (Fsp3) is 0.375. The Labute approximate surface area is 72.2 Å². The molecule has 4 heteroatoms. The minimum atomic E-state index is -1.40. The van der Waals surface area contributed by atoms with Gasteiger partial charge < -0.3 is 10.0 Å². The van der Waals surface area contributed by atoms with E-state index in [0.29, 0.717) is 5.46 Å². The van der Waals surface area contributed by atoms with Gasteiger partial charge in [-0.2, -0.15) is 0 Å². The molecule has 0 radical (unpaired) electrons. The Kier molecular flexibility index (Phi) is 3.25. The predicted octanol–water partition coefficient (Wildman–Crippen LogP) is -0.286. The molecule has 0 fully saturated rings. The highest BCUT2D eigenvalue weighted by atomic mass is 16.4. The second-order valence-corrected chi connectivity index (χ2v) is 2.70. The van der Waals surface area contributed by atoms with E-state index >= 15 is 0 Å². The van der Waals surface area contributed by atoms with Crippen LogP contribution in [-0.4, -0.2) is 22.2 Å². The second kappa shape index (κ2) is 4.23. The monoisotopic (exact) mass is 165 g/mol. The summed E-state index contributed by atoms with van der Waals surface area (Å²) in [5.74, 6) is 0. The lowest BCUT2D eigenvalue weighted by molar-refractivity contribution is 0.425. The highest BCUT2D eigenvalue weighted by Crippen LogP contribution is 1.98. The summed E-state index contributed by atoms with van der Waals surface area (Å²) in [5, 5.41) is 17.9. The lowest BCUT2D eigenvalue weighted by atomic mass is 9.77. The first kappa shape index (κ1) is 9.22.